The topological polar surface area (TPSA) is 66.4 Å². The van der Waals surface area contributed by atoms with Crippen molar-refractivity contribution in [2.45, 2.75) is 4.90 Å². The molecule has 0 heterocycles. The summed E-state index contributed by atoms with van der Waals surface area (Å²) in [6.07, 6.45) is 1.35. The smallest absolute Gasteiger partial charge is 0.296 e. The molecule has 0 amide bonds. The van der Waals surface area contributed by atoms with Crippen LogP contribution in [0.1, 0.15) is 0 Å². The molecule has 2 N–H and O–H groups in total. The molecule has 0 bridgehead atoms. The molecule has 1 rings (SSSR count). The molecule has 0 aliphatic carbocycles. The van der Waals surface area contributed by atoms with Crippen LogP contribution in [0, 0.1) is 0 Å². The summed E-state index contributed by atoms with van der Waals surface area (Å²) in [7, 11) is -4.19. The Labute approximate surface area is 82.3 Å². The van der Waals surface area contributed by atoms with Crippen LogP contribution in [0.15, 0.2) is 47.7 Å². The zero-order valence-electron chi connectivity index (χ0n) is 7.27. The molecule has 0 radical (unpaired) electrons. The van der Waals surface area contributed by atoms with E-state index in [0.29, 0.717) is 0 Å². The van der Waals surface area contributed by atoms with Crippen molar-refractivity contribution in [3.8, 4) is 0 Å². The lowest BCUT2D eigenvalue weighted by Gasteiger charge is -2.04. The van der Waals surface area contributed by atoms with Gasteiger partial charge in [0.25, 0.3) is 10.1 Å². The third kappa shape index (κ3) is 2.47. The molecule has 4 nitrogen and oxygen atoms in total. The monoisotopic (exact) mass is 211 g/mol. The van der Waals surface area contributed by atoms with E-state index in [0.717, 1.165) is 0 Å². The third-order valence-corrected chi connectivity index (χ3v) is 2.41. The summed E-state index contributed by atoms with van der Waals surface area (Å²) in [5.74, 6) is 0. The van der Waals surface area contributed by atoms with Gasteiger partial charge in [-0.15, -0.1) is 5.73 Å². The molecular weight excluding hydrogens is 202 g/mol. The number of hydrogen-bond acceptors (Lipinski definition) is 3. The van der Waals surface area contributed by atoms with Crippen LogP contribution in [0.2, 0.25) is 0 Å². The molecule has 0 aliphatic heterocycles. The minimum Gasteiger partial charge on any atom is -0.354 e. The minimum absolute atomic E-state index is 0.175. The van der Waals surface area contributed by atoms with Gasteiger partial charge in [0.05, 0.1) is 5.69 Å². The highest BCUT2D eigenvalue weighted by atomic mass is 32.2. The Bertz CT molecular complexity index is 473. The highest BCUT2D eigenvalue weighted by molar-refractivity contribution is 7.86. The lowest BCUT2D eigenvalue weighted by atomic mass is 10.3. The van der Waals surface area contributed by atoms with Gasteiger partial charge in [-0.3, -0.25) is 4.55 Å². The second-order valence-corrected chi connectivity index (χ2v) is 3.85. The number of para-hydroxylation sites is 1. The van der Waals surface area contributed by atoms with Crippen LogP contribution in [0.3, 0.4) is 0 Å². The Balaban J connectivity index is 3.23. The molecule has 0 aliphatic rings. The van der Waals surface area contributed by atoms with Gasteiger partial charge in [0.2, 0.25) is 0 Å². The summed E-state index contributed by atoms with van der Waals surface area (Å²) in [6.45, 7) is 3.31. The molecule has 74 valence electrons. The highest BCUT2D eigenvalue weighted by Crippen LogP contribution is 2.19. The Morgan fingerprint density at radius 2 is 2.07 bits per heavy atom. The number of hydrogen-bond donors (Lipinski definition) is 2. The Hall–Kier alpha value is -1.55. The summed E-state index contributed by atoms with van der Waals surface area (Å²) >= 11 is 0. The van der Waals surface area contributed by atoms with Gasteiger partial charge in [-0.1, -0.05) is 18.7 Å². The highest BCUT2D eigenvalue weighted by Gasteiger charge is 2.13. The molecule has 0 fully saturated rings. The van der Waals surface area contributed by atoms with E-state index in [2.05, 4.69) is 17.6 Å². The van der Waals surface area contributed by atoms with Crippen molar-refractivity contribution in [2.24, 2.45) is 0 Å². The first-order valence-corrected chi connectivity index (χ1v) is 5.17. The average Bonchev–Trinajstić information content (AvgIpc) is 2.14. The van der Waals surface area contributed by atoms with E-state index < -0.39 is 10.1 Å². The third-order valence-electron chi connectivity index (χ3n) is 1.49. The van der Waals surface area contributed by atoms with Crippen LogP contribution in [0.4, 0.5) is 5.69 Å². The van der Waals surface area contributed by atoms with Crippen LogP contribution in [-0.4, -0.2) is 13.0 Å². The number of nitrogens with one attached hydrogen (secondary N) is 1. The Morgan fingerprint density at radius 3 is 2.64 bits per heavy atom. The van der Waals surface area contributed by atoms with Gasteiger partial charge in [0, 0.05) is 6.20 Å². The lowest BCUT2D eigenvalue weighted by Crippen LogP contribution is -2.02. The number of anilines is 1. The van der Waals surface area contributed by atoms with Gasteiger partial charge < -0.3 is 5.32 Å². The van der Waals surface area contributed by atoms with Gasteiger partial charge >= 0.3 is 0 Å². The van der Waals surface area contributed by atoms with Crippen molar-refractivity contribution in [1.82, 2.24) is 0 Å². The second kappa shape index (κ2) is 4.11. The van der Waals surface area contributed by atoms with Gasteiger partial charge in [0.15, 0.2) is 0 Å². The van der Waals surface area contributed by atoms with Crippen LogP contribution < -0.4 is 5.32 Å². The maximum atomic E-state index is 10.9. The number of rotatable bonds is 3. The lowest BCUT2D eigenvalue weighted by molar-refractivity contribution is 0.483. The van der Waals surface area contributed by atoms with Crippen molar-refractivity contribution in [3.05, 3.63) is 42.8 Å². The second-order valence-electron chi connectivity index (χ2n) is 2.46. The van der Waals surface area contributed by atoms with Crippen LogP contribution in [0.25, 0.3) is 0 Å². The quantitative estimate of drug-likeness (QED) is 0.589. The fraction of sp³-hybridized carbons (Fsp3) is 0. The predicted molar refractivity (Wildman–Crippen MR) is 53.6 cm³/mol. The van der Waals surface area contributed by atoms with Crippen molar-refractivity contribution in [3.63, 3.8) is 0 Å². The molecule has 0 saturated carbocycles. The summed E-state index contributed by atoms with van der Waals surface area (Å²) in [5.41, 5.74) is 2.72. The van der Waals surface area contributed by atoms with Crippen molar-refractivity contribution in [2.75, 3.05) is 5.32 Å². The Kier molecular flexibility index (Phi) is 3.09. The van der Waals surface area contributed by atoms with E-state index in [4.69, 9.17) is 4.55 Å². The first-order valence-electron chi connectivity index (χ1n) is 3.73. The van der Waals surface area contributed by atoms with E-state index in [1.807, 2.05) is 0 Å². The molecule has 0 atom stereocenters. The van der Waals surface area contributed by atoms with Gasteiger partial charge in [-0.05, 0) is 12.1 Å². The number of benzene rings is 1. The zero-order valence-corrected chi connectivity index (χ0v) is 8.08. The fourth-order valence-corrected chi connectivity index (χ4v) is 1.60. The molecular formula is C9H9NO3S. The molecule has 0 unspecified atom stereocenters. The maximum absolute atomic E-state index is 10.9. The molecule has 1 aromatic carbocycles. The maximum Gasteiger partial charge on any atom is 0.296 e. The summed E-state index contributed by atoms with van der Waals surface area (Å²) in [5, 5.41) is 2.63. The normalized spacial score (nSPS) is 10.4. The van der Waals surface area contributed by atoms with Crippen molar-refractivity contribution in [1.29, 1.82) is 0 Å². The largest absolute Gasteiger partial charge is 0.354 e. The van der Waals surface area contributed by atoms with E-state index in [1.165, 1.54) is 24.4 Å². The minimum atomic E-state index is -4.19. The van der Waals surface area contributed by atoms with E-state index in [1.54, 1.807) is 6.07 Å². The summed E-state index contributed by atoms with van der Waals surface area (Å²) < 4.78 is 30.6. The first-order chi connectivity index (χ1) is 6.55. The Morgan fingerprint density at radius 1 is 1.43 bits per heavy atom. The first kappa shape index (κ1) is 10.5. The van der Waals surface area contributed by atoms with E-state index in [9.17, 15) is 8.42 Å². The SMILES string of the molecule is C=C=CNc1ccccc1S(=O)(=O)O. The molecule has 0 aromatic heterocycles. The fourth-order valence-electron chi connectivity index (χ4n) is 0.940. The van der Waals surface area contributed by atoms with Crippen molar-refractivity contribution >= 4 is 15.8 Å². The molecule has 0 spiro atoms. The van der Waals surface area contributed by atoms with Crippen LogP contribution in [0.5, 0.6) is 0 Å². The van der Waals surface area contributed by atoms with Crippen LogP contribution in [-0.2, 0) is 10.1 Å². The summed E-state index contributed by atoms with van der Waals surface area (Å²) in [6, 6.07) is 5.99. The van der Waals surface area contributed by atoms with Gasteiger partial charge in [-0.2, -0.15) is 8.42 Å². The summed E-state index contributed by atoms with van der Waals surface area (Å²) in [4.78, 5) is -0.175. The molecule has 5 heteroatoms. The molecule has 1 aromatic rings. The zero-order chi connectivity index (χ0) is 10.6. The van der Waals surface area contributed by atoms with E-state index in [-0.39, 0.29) is 10.6 Å². The van der Waals surface area contributed by atoms with E-state index >= 15 is 0 Å². The van der Waals surface area contributed by atoms with Gasteiger partial charge in [0.1, 0.15) is 4.90 Å². The van der Waals surface area contributed by atoms with Crippen molar-refractivity contribution < 1.29 is 13.0 Å². The molecule has 0 saturated heterocycles. The van der Waals surface area contributed by atoms with Crippen LogP contribution >= 0.6 is 0 Å². The van der Waals surface area contributed by atoms with Gasteiger partial charge in [-0.25, -0.2) is 0 Å². The molecule has 14 heavy (non-hydrogen) atoms. The standard InChI is InChI=1S/C9H9NO3S/c1-2-7-10-8-5-3-4-6-9(8)14(11,12)13/h3-7,10H,1H2,(H,11,12,13). The average molecular weight is 211 g/mol. The predicted octanol–water partition coefficient (Wildman–Crippen LogP) is 1.64.